The number of sulfone groups is 1. The Labute approximate surface area is 153 Å². The van der Waals surface area contributed by atoms with Crippen LogP contribution in [-0.2, 0) is 21.1 Å². The van der Waals surface area contributed by atoms with Crippen molar-refractivity contribution in [2.24, 2.45) is 0 Å². The molecule has 0 aliphatic heterocycles. The van der Waals surface area contributed by atoms with Crippen LogP contribution in [0.2, 0.25) is 0 Å². The number of carbonyl (C=O) groups is 1. The third-order valence-electron chi connectivity index (χ3n) is 4.99. The normalized spacial score (nSPS) is 15.3. The van der Waals surface area contributed by atoms with E-state index in [9.17, 15) is 13.2 Å². The van der Waals surface area contributed by atoms with Crippen molar-refractivity contribution in [3.63, 3.8) is 0 Å². The molecule has 0 spiro atoms. The number of anilines is 1. The molecule has 0 radical (unpaired) electrons. The number of benzene rings is 1. The molecule has 0 saturated heterocycles. The van der Waals surface area contributed by atoms with Crippen molar-refractivity contribution in [1.82, 2.24) is 5.16 Å². The van der Waals surface area contributed by atoms with Crippen molar-refractivity contribution in [1.29, 1.82) is 0 Å². The lowest BCUT2D eigenvalue weighted by Crippen LogP contribution is -2.18. The molecule has 1 N–H and O–H groups in total. The average Bonchev–Trinajstić information content (AvgIpc) is 3.25. The number of nitrogens with one attached hydrogen (secondary N) is 1. The second-order valence-electron chi connectivity index (χ2n) is 6.83. The summed E-state index contributed by atoms with van der Waals surface area (Å²) in [5.74, 6) is 0.605. The minimum Gasteiger partial charge on any atom is -0.361 e. The molecule has 1 saturated carbocycles. The van der Waals surface area contributed by atoms with E-state index in [0.717, 1.165) is 42.7 Å². The van der Waals surface area contributed by atoms with Crippen molar-refractivity contribution in [2.75, 3.05) is 5.32 Å². The number of aromatic nitrogens is 1. The Morgan fingerprint density at radius 1 is 1.19 bits per heavy atom. The zero-order valence-corrected chi connectivity index (χ0v) is 15.9. The summed E-state index contributed by atoms with van der Waals surface area (Å²) < 4.78 is 30.2. The fourth-order valence-electron chi connectivity index (χ4n) is 3.44. The molecular formula is C19H24N2O4S. The van der Waals surface area contributed by atoms with Crippen LogP contribution < -0.4 is 5.32 Å². The number of aryl methyl sites for hydroxylation is 2. The first-order valence-electron chi connectivity index (χ1n) is 8.93. The molecule has 1 aromatic carbocycles. The SMILES string of the molecule is Cc1noc(C)c1CCC(=O)Nc1ccc(S(=O)(=O)C2CCCC2)cc1. The van der Waals surface area contributed by atoms with E-state index in [-0.39, 0.29) is 11.2 Å². The summed E-state index contributed by atoms with van der Waals surface area (Å²) in [5.41, 5.74) is 2.36. The number of rotatable bonds is 6. The maximum Gasteiger partial charge on any atom is 0.224 e. The van der Waals surface area contributed by atoms with Gasteiger partial charge in [-0.1, -0.05) is 18.0 Å². The number of hydrogen-bond acceptors (Lipinski definition) is 5. The average molecular weight is 376 g/mol. The van der Waals surface area contributed by atoms with Gasteiger partial charge in [-0.3, -0.25) is 4.79 Å². The van der Waals surface area contributed by atoms with Gasteiger partial charge in [0.25, 0.3) is 0 Å². The molecule has 26 heavy (non-hydrogen) atoms. The number of amides is 1. The Morgan fingerprint density at radius 2 is 1.85 bits per heavy atom. The standard InChI is InChI=1S/C19H24N2O4S/c1-13-18(14(2)25-21-13)11-12-19(22)20-15-7-9-17(10-8-15)26(23,24)16-5-3-4-6-16/h7-10,16H,3-6,11-12H2,1-2H3,(H,20,22). The summed E-state index contributed by atoms with van der Waals surface area (Å²) in [6, 6.07) is 6.46. The number of carbonyl (C=O) groups excluding carboxylic acids is 1. The number of hydrogen-bond donors (Lipinski definition) is 1. The molecule has 0 bridgehead atoms. The van der Waals surface area contributed by atoms with Gasteiger partial charge in [0, 0.05) is 17.7 Å². The van der Waals surface area contributed by atoms with Crippen molar-refractivity contribution in [2.45, 2.75) is 62.5 Å². The largest absolute Gasteiger partial charge is 0.361 e. The molecular weight excluding hydrogens is 352 g/mol. The fourth-order valence-corrected chi connectivity index (χ4v) is 5.29. The smallest absolute Gasteiger partial charge is 0.224 e. The van der Waals surface area contributed by atoms with Crippen LogP contribution in [0.1, 0.15) is 49.1 Å². The minimum absolute atomic E-state index is 0.128. The molecule has 0 unspecified atom stereocenters. The molecule has 6 nitrogen and oxygen atoms in total. The summed E-state index contributed by atoms with van der Waals surface area (Å²) in [4.78, 5) is 12.5. The fraction of sp³-hybridized carbons (Fsp3) is 0.474. The maximum atomic E-state index is 12.6. The van der Waals surface area contributed by atoms with Crippen molar-refractivity contribution in [3.05, 3.63) is 41.3 Å². The Kier molecular flexibility index (Phi) is 5.46. The zero-order chi connectivity index (χ0) is 18.7. The predicted molar refractivity (Wildman–Crippen MR) is 98.8 cm³/mol. The number of nitrogens with zero attached hydrogens (tertiary/aromatic N) is 1. The van der Waals surface area contributed by atoms with Crippen molar-refractivity contribution in [3.8, 4) is 0 Å². The van der Waals surface area contributed by atoms with Gasteiger partial charge in [-0.15, -0.1) is 0 Å². The lowest BCUT2D eigenvalue weighted by Gasteiger charge is -2.12. The van der Waals surface area contributed by atoms with Gasteiger partial charge < -0.3 is 9.84 Å². The van der Waals surface area contributed by atoms with E-state index in [1.54, 1.807) is 24.3 Å². The Morgan fingerprint density at radius 3 is 2.42 bits per heavy atom. The van der Waals surface area contributed by atoms with E-state index < -0.39 is 9.84 Å². The van der Waals surface area contributed by atoms with Gasteiger partial charge in [-0.05, 0) is 57.4 Å². The second-order valence-corrected chi connectivity index (χ2v) is 9.05. The van der Waals surface area contributed by atoms with E-state index in [2.05, 4.69) is 10.5 Å². The van der Waals surface area contributed by atoms with Crippen LogP contribution in [0.3, 0.4) is 0 Å². The van der Waals surface area contributed by atoms with Crippen molar-refractivity contribution >= 4 is 21.4 Å². The van der Waals surface area contributed by atoms with Gasteiger partial charge >= 0.3 is 0 Å². The van der Waals surface area contributed by atoms with Crippen LogP contribution >= 0.6 is 0 Å². The molecule has 0 atom stereocenters. The Hall–Kier alpha value is -2.15. The van der Waals surface area contributed by atoms with Crippen LogP contribution in [0.4, 0.5) is 5.69 Å². The Bertz CT molecular complexity index is 859. The first kappa shape index (κ1) is 18.6. The Balaban J connectivity index is 1.59. The lowest BCUT2D eigenvalue weighted by molar-refractivity contribution is -0.116. The highest BCUT2D eigenvalue weighted by Gasteiger charge is 2.30. The molecule has 7 heteroatoms. The first-order chi connectivity index (χ1) is 12.4. The third kappa shape index (κ3) is 3.98. The molecule has 1 aliphatic rings. The van der Waals surface area contributed by atoms with E-state index >= 15 is 0 Å². The van der Waals surface area contributed by atoms with E-state index in [1.165, 1.54) is 0 Å². The van der Waals surface area contributed by atoms with Crippen LogP contribution in [0.25, 0.3) is 0 Å². The van der Waals surface area contributed by atoms with Crippen LogP contribution in [0.5, 0.6) is 0 Å². The zero-order valence-electron chi connectivity index (χ0n) is 15.1. The van der Waals surface area contributed by atoms with Crippen LogP contribution in [0.15, 0.2) is 33.7 Å². The van der Waals surface area contributed by atoms with Crippen LogP contribution in [-0.4, -0.2) is 24.7 Å². The molecule has 1 heterocycles. The molecule has 2 aromatic rings. The maximum absolute atomic E-state index is 12.6. The van der Waals surface area contributed by atoms with E-state index in [1.807, 2.05) is 13.8 Å². The van der Waals surface area contributed by atoms with Gasteiger partial charge in [0.1, 0.15) is 5.76 Å². The third-order valence-corrected chi connectivity index (χ3v) is 7.27. The van der Waals surface area contributed by atoms with Gasteiger partial charge in [0.15, 0.2) is 9.84 Å². The summed E-state index contributed by atoms with van der Waals surface area (Å²) in [5, 5.41) is 6.42. The van der Waals surface area contributed by atoms with Crippen LogP contribution in [0, 0.1) is 13.8 Å². The quantitative estimate of drug-likeness (QED) is 0.832. The topological polar surface area (TPSA) is 89.3 Å². The van der Waals surface area contributed by atoms with Gasteiger partial charge in [0.05, 0.1) is 15.8 Å². The molecule has 1 fully saturated rings. The molecule has 1 aromatic heterocycles. The molecule has 140 valence electrons. The van der Waals surface area contributed by atoms with Crippen molar-refractivity contribution < 1.29 is 17.7 Å². The summed E-state index contributed by atoms with van der Waals surface area (Å²) in [7, 11) is -3.26. The summed E-state index contributed by atoms with van der Waals surface area (Å²) in [6.07, 6.45) is 4.30. The summed E-state index contributed by atoms with van der Waals surface area (Å²) in [6.45, 7) is 3.68. The van der Waals surface area contributed by atoms with Gasteiger partial charge in [-0.25, -0.2) is 8.42 Å². The molecule has 1 amide bonds. The second kappa shape index (κ2) is 7.61. The van der Waals surface area contributed by atoms with Gasteiger partial charge in [0.2, 0.25) is 5.91 Å². The minimum atomic E-state index is -3.26. The first-order valence-corrected chi connectivity index (χ1v) is 10.5. The lowest BCUT2D eigenvalue weighted by atomic mass is 10.1. The highest BCUT2D eigenvalue weighted by Crippen LogP contribution is 2.30. The highest BCUT2D eigenvalue weighted by molar-refractivity contribution is 7.92. The molecule has 1 aliphatic carbocycles. The molecule has 3 rings (SSSR count). The van der Waals surface area contributed by atoms with E-state index in [4.69, 9.17) is 4.52 Å². The predicted octanol–water partition coefficient (Wildman–Crippen LogP) is 3.58. The van der Waals surface area contributed by atoms with E-state index in [0.29, 0.717) is 23.4 Å². The monoisotopic (exact) mass is 376 g/mol. The summed E-state index contributed by atoms with van der Waals surface area (Å²) >= 11 is 0. The van der Waals surface area contributed by atoms with Gasteiger partial charge in [-0.2, -0.15) is 0 Å². The highest BCUT2D eigenvalue weighted by atomic mass is 32.2.